The molecule has 0 spiro atoms. The number of rotatable bonds is 2. The van der Waals surface area contributed by atoms with Gasteiger partial charge in [-0.3, -0.25) is 0 Å². The number of aliphatic hydroxyl groups excluding tert-OH is 1. The fraction of sp³-hybridized carbons (Fsp3) is 0.667. The summed E-state index contributed by atoms with van der Waals surface area (Å²) >= 11 is 0. The first kappa shape index (κ1) is 7.53. The van der Waals surface area contributed by atoms with E-state index in [2.05, 4.69) is 11.0 Å². The van der Waals surface area contributed by atoms with Crippen molar-refractivity contribution in [2.45, 2.75) is 6.42 Å². The van der Waals surface area contributed by atoms with Crippen LogP contribution in [0.3, 0.4) is 0 Å². The third kappa shape index (κ3) is 2.34. The predicted octanol–water partition coefficient (Wildman–Crippen LogP) is -0.227. The van der Waals surface area contributed by atoms with Crippen LogP contribution < -0.4 is 11.0 Å². The van der Waals surface area contributed by atoms with Gasteiger partial charge in [0.1, 0.15) is 0 Å². The van der Waals surface area contributed by atoms with Gasteiger partial charge < -0.3 is 5.11 Å². The Morgan fingerprint density at radius 1 is 1.60 bits per heavy atom. The molecular weight excluding hydrogens is 130 g/mol. The minimum atomic E-state index is 0.740. The lowest BCUT2D eigenvalue weighted by Crippen LogP contribution is -2.52. The summed E-state index contributed by atoms with van der Waals surface area (Å²) < 4.78 is 0. The normalized spacial score (nSPS) is 22.0. The van der Waals surface area contributed by atoms with Gasteiger partial charge in [0.25, 0.3) is 0 Å². The van der Waals surface area contributed by atoms with Gasteiger partial charge in [0, 0.05) is 19.6 Å². The molecule has 0 bridgehead atoms. The average Bonchev–Trinajstić information content (AvgIpc) is 2.03. The fourth-order valence-electron chi connectivity index (χ4n) is 0.893. The second-order valence-electron chi connectivity index (χ2n) is 2.22. The van der Waals surface area contributed by atoms with E-state index in [1.807, 2.05) is 5.01 Å². The van der Waals surface area contributed by atoms with E-state index in [1.165, 1.54) is 0 Å². The van der Waals surface area contributed by atoms with Crippen LogP contribution in [0.1, 0.15) is 6.42 Å². The summed E-state index contributed by atoms with van der Waals surface area (Å²) in [6, 6.07) is 0. The van der Waals surface area contributed by atoms with Crippen molar-refractivity contribution in [1.29, 1.82) is 0 Å². The predicted molar refractivity (Wildman–Crippen MR) is 39.1 cm³/mol. The molecule has 4 nitrogen and oxygen atoms in total. The van der Waals surface area contributed by atoms with Crippen molar-refractivity contribution in [3.8, 4) is 0 Å². The molecule has 3 N–H and O–H groups in total. The van der Waals surface area contributed by atoms with Crippen molar-refractivity contribution in [3.63, 3.8) is 0 Å². The van der Waals surface area contributed by atoms with Crippen molar-refractivity contribution >= 4 is 0 Å². The zero-order valence-corrected chi connectivity index (χ0v) is 5.88. The van der Waals surface area contributed by atoms with Crippen LogP contribution in [0.5, 0.6) is 0 Å². The number of hydrazine groups is 2. The molecule has 1 heterocycles. The Hall–Kier alpha value is -0.580. The average molecular weight is 143 g/mol. The van der Waals surface area contributed by atoms with E-state index < -0.39 is 0 Å². The standard InChI is InChI=1S/C6H13N3O/c10-6-2-5-9-4-1-3-7-8-9/h2,6-8,10H,1,3-5H2. The molecule has 58 valence electrons. The minimum Gasteiger partial charge on any atom is -0.516 e. The highest BCUT2D eigenvalue weighted by atomic mass is 16.2. The molecule has 1 rings (SSSR count). The molecule has 1 aliphatic rings. The summed E-state index contributed by atoms with van der Waals surface area (Å²) in [5.74, 6) is 0. The quantitative estimate of drug-likeness (QED) is 0.467. The van der Waals surface area contributed by atoms with Crippen LogP contribution in [0.2, 0.25) is 0 Å². The SMILES string of the molecule is OC=CCN1CCCNN1. The van der Waals surface area contributed by atoms with Crippen LogP contribution in [0.25, 0.3) is 0 Å². The maximum absolute atomic E-state index is 8.34. The van der Waals surface area contributed by atoms with Gasteiger partial charge in [0.15, 0.2) is 0 Å². The Bertz CT molecular complexity index is 110. The largest absolute Gasteiger partial charge is 0.516 e. The van der Waals surface area contributed by atoms with Gasteiger partial charge >= 0.3 is 0 Å². The third-order valence-electron chi connectivity index (χ3n) is 1.40. The van der Waals surface area contributed by atoms with Gasteiger partial charge in [0.2, 0.25) is 0 Å². The summed E-state index contributed by atoms with van der Waals surface area (Å²) in [5.41, 5.74) is 5.98. The summed E-state index contributed by atoms with van der Waals surface area (Å²) in [4.78, 5) is 0. The zero-order chi connectivity index (χ0) is 7.23. The maximum Gasteiger partial charge on any atom is 0.0765 e. The third-order valence-corrected chi connectivity index (χ3v) is 1.40. The van der Waals surface area contributed by atoms with Gasteiger partial charge in [-0.1, -0.05) is 0 Å². The number of hydrogen-bond acceptors (Lipinski definition) is 4. The van der Waals surface area contributed by atoms with Gasteiger partial charge in [-0.25, -0.2) is 10.4 Å². The van der Waals surface area contributed by atoms with E-state index in [-0.39, 0.29) is 0 Å². The molecule has 4 heteroatoms. The number of nitrogens with zero attached hydrogens (tertiary/aromatic N) is 1. The first-order valence-corrected chi connectivity index (χ1v) is 3.46. The smallest absolute Gasteiger partial charge is 0.0765 e. The summed E-state index contributed by atoms with van der Waals surface area (Å²) in [5, 5.41) is 10.3. The molecule has 0 aliphatic carbocycles. The van der Waals surface area contributed by atoms with Gasteiger partial charge in [0.05, 0.1) is 6.26 Å². The summed E-state index contributed by atoms with van der Waals surface area (Å²) in [6.45, 7) is 2.78. The van der Waals surface area contributed by atoms with Crippen LogP contribution >= 0.6 is 0 Å². The van der Waals surface area contributed by atoms with Crippen molar-refractivity contribution in [3.05, 3.63) is 12.3 Å². The molecule has 1 aliphatic heterocycles. The van der Waals surface area contributed by atoms with Gasteiger partial charge in [-0.05, 0) is 12.5 Å². The lowest BCUT2D eigenvalue weighted by atomic mass is 10.4. The van der Waals surface area contributed by atoms with Crippen LogP contribution in [-0.2, 0) is 0 Å². The van der Waals surface area contributed by atoms with Crippen LogP contribution in [0.15, 0.2) is 12.3 Å². The molecular formula is C6H13N3O. The first-order chi connectivity index (χ1) is 4.93. The van der Waals surface area contributed by atoms with E-state index in [0.29, 0.717) is 0 Å². The molecule has 1 fully saturated rings. The second-order valence-corrected chi connectivity index (χ2v) is 2.22. The molecule has 0 aromatic rings. The Balaban J connectivity index is 2.13. The van der Waals surface area contributed by atoms with Crippen LogP contribution in [0, 0.1) is 0 Å². The Morgan fingerprint density at radius 2 is 2.50 bits per heavy atom. The molecule has 0 unspecified atom stereocenters. The van der Waals surface area contributed by atoms with Crippen LogP contribution in [0.4, 0.5) is 0 Å². The van der Waals surface area contributed by atoms with Crippen LogP contribution in [-0.4, -0.2) is 29.7 Å². The Morgan fingerprint density at radius 3 is 3.10 bits per heavy atom. The van der Waals surface area contributed by atoms with Crippen molar-refractivity contribution in [1.82, 2.24) is 16.0 Å². The summed E-state index contributed by atoms with van der Waals surface area (Å²) in [7, 11) is 0. The molecule has 10 heavy (non-hydrogen) atoms. The van der Waals surface area contributed by atoms with E-state index in [1.54, 1.807) is 6.08 Å². The minimum absolute atomic E-state index is 0.740. The number of aliphatic hydroxyl groups is 1. The van der Waals surface area contributed by atoms with E-state index in [4.69, 9.17) is 5.11 Å². The fourth-order valence-corrected chi connectivity index (χ4v) is 0.893. The highest BCUT2D eigenvalue weighted by Crippen LogP contribution is 1.89. The molecule has 0 atom stereocenters. The Kier molecular flexibility index (Phi) is 3.21. The van der Waals surface area contributed by atoms with Crippen molar-refractivity contribution < 1.29 is 5.11 Å². The molecule has 0 saturated carbocycles. The van der Waals surface area contributed by atoms with Crippen molar-refractivity contribution in [2.75, 3.05) is 19.6 Å². The molecule has 1 saturated heterocycles. The van der Waals surface area contributed by atoms with E-state index >= 15 is 0 Å². The topological polar surface area (TPSA) is 47.5 Å². The number of hydrogen-bond donors (Lipinski definition) is 3. The summed E-state index contributed by atoms with van der Waals surface area (Å²) in [6.07, 6.45) is 3.91. The lowest BCUT2D eigenvalue weighted by Gasteiger charge is -2.26. The molecule has 0 radical (unpaired) electrons. The monoisotopic (exact) mass is 143 g/mol. The van der Waals surface area contributed by atoms with E-state index in [9.17, 15) is 0 Å². The molecule has 0 amide bonds. The van der Waals surface area contributed by atoms with Crippen molar-refractivity contribution in [2.24, 2.45) is 0 Å². The van der Waals surface area contributed by atoms with E-state index in [0.717, 1.165) is 32.3 Å². The highest BCUT2D eigenvalue weighted by molar-refractivity contribution is 4.76. The lowest BCUT2D eigenvalue weighted by molar-refractivity contribution is 0.132. The number of nitrogens with one attached hydrogen (secondary N) is 2. The van der Waals surface area contributed by atoms with Gasteiger partial charge in [-0.2, -0.15) is 5.53 Å². The maximum atomic E-state index is 8.34. The van der Waals surface area contributed by atoms with Gasteiger partial charge in [-0.15, -0.1) is 0 Å². The Labute approximate surface area is 60.5 Å². The molecule has 0 aromatic carbocycles. The highest BCUT2D eigenvalue weighted by Gasteiger charge is 2.05. The second kappa shape index (κ2) is 4.27. The molecule has 0 aromatic heterocycles. The zero-order valence-electron chi connectivity index (χ0n) is 5.88. The first-order valence-electron chi connectivity index (χ1n) is 3.46.